The van der Waals surface area contributed by atoms with Crippen molar-refractivity contribution in [3.63, 3.8) is 0 Å². The summed E-state index contributed by atoms with van der Waals surface area (Å²) in [5, 5.41) is 0. The number of piperidine rings is 1. The van der Waals surface area contributed by atoms with Crippen molar-refractivity contribution in [1.29, 1.82) is 0 Å². The van der Waals surface area contributed by atoms with Crippen molar-refractivity contribution in [2.24, 2.45) is 0 Å². The fourth-order valence-electron chi connectivity index (χ4n) is 3.82. The minimum atomic E-state index is -0.399. The SMILES string of the molecule is O=CNOC(=O)CC(N1CCCCC1)N1CCN(c2ccncc2)CC1. The molecule has 0 bridgehead atoms. The Kier molecular flexibility index (Phi) is 6.79. The molecule has 26 heavy (non-hydrogen) atoms. The molecule has 8 nitrogen and oxygen atoms in total. The number of hydroxylamine groups is 1. The highest BCUT2D eigenvalue weighted by atomic mass is 16.7. The van der Waals surface area contributed by atoms with Crippen LogP contribution < -0.4 is 10.4 Å². The number of likely N-dealkylation sites (tertiary alicyclic amines) is 1. The molecule has 8 heteroatoms. The van der Waals surface area contributed by atoms with E-state index < -0.39 is 5.97 Å². The van der Waals surface area contributed by atoms with Crippen LogP contribution in [0.2, 0.25) is 0 Å². The number of amides is 1. The molecular weight excluding hydrogens is 334 g/mol. The number of rotatable bonds is 7. The molecule has 3 rings (SSSR count). The largest absolute Gasteiger partial charge is 0.369 e. The van der Waals surface area contributed by atoms with E-state index >= 15 is 0 Å². The second kappa shape index (κ2) is 9.49. The van der Waals surface area contributed by atoms with E-state index in [1.807, 2.05) is 30.0 Å². The van der Waals surface area contributed by atoms with Crippen molar-refractivity contribution >= 4 is 18.1 Å². The van der Waals surface area contributed by atoms with Gasteiger partial charge in [-0.3, -0.25) is 19.6 Å². The topological polar surface area (TPSA) is 78.0 Å². The zero-order chi connectivity index (χ0) is 18.2. The van der Waals surface area contributed by atoms with Crippen molar-refractivity contribution in [2.45, 2.75) is 31.8 Å². The second-order valence-electron chi connectivity index (χ2n) is 6.72. The number of hydrogen-bond acceptors (Lipinski definition) is 7. The van der Waals surface area contributed by atoms with Gasteiger partial charge in [-0.25, -0.2) is 4.79 Å². The van der Waals surface area contributed by atoms with E-state index in [0.29, 0.717) is 6.41 Å². The van der Waals surface area contributed by atoms with E-state index in [1.165, 1.54) is 12.1 Å². The summed E-state index contributed by atoms with van der Waals surface area (Å²) in [6, 6.07) is 4.06. The Hall–Kier alpha value is -2.19. The van der Waals surface area contributed by atoms with Gasteiger partial charge in [-0.15, -0.1) is 0 Å². The second-order valence-corrected chi connectivity index (χ2v) is 6.72. The third-order valence-electron chi connectivity index (χ3n) is 5.15. The summed E-state index contributed by atoms with van der Waals surface area (Å²) in [7, 11) is 0. The van der Waals surface area contributed by atoms with Crippen molar-refractivity contribution in [3.8, 4) is 0 Å². The first-order valence-electron chi connectivity index (χ1n) is 9.30. The maximum atomic E-state index is 12.1. The Labute approximate surface area is 154 Å². The molecule has 1 aromatic rings. The molecule has 2 aliphatic heterocycles. The van der Waals surface area contributed by atoms with E-state index in [1.54, 1.807) is 0 Å². The number of carbonyl (C=O) groups is 2. The molecule has 1 amide bonds. The number of anilines is 1. The fraction of sp³-hybridized carbons (Fsp3) is 0.611. The Bertz CT molecular complexity index is 571. The van der Waals surface area contributed by atoms with Gasteiger partial charge in [-0.05, 0) is 38.1 Å². The molecule has 142 valence electrons. The van der Waals surface area contributed by atoms with Crippen molar-refractivity contribution in [3.05, 3.63) is 24.5 Å². The van der Waals surface area contributed by atoms with Gasteiger partial charge in [0.1, 0.15) is 0 Å². The van der Waals surface area contributed by atoms with Crippen LogP contribution in [0.5, 0.6) is 0 Å². The summed E-state index contributed by atoms with van der Waals surface area (Å²) in [4.78, 5) is 38.4. The molecule has 2 fully saturated rings. The predicted octanol–water partition coefficient (Wildman–Crippen LogP) is 0.610. The van der Waals surface area contributed by atoms with Crippen LogP contribution in [0.15, 0.2) is 24.5 Å². The molecule has 0 aliphatic carbocycles. The Morgan fingerprint density at radius 2 is 1.73 bits per heavy atom. The smallest absolute Gasteiger partial charge is 0.335 e. The average Bonchev–Trinajstić information content (AvgIpc) is 2.72. The van der Waals surface area contributed by atoms with E-state index in [-0.39, 0.29) is 12.6 Å². The number of nitrogens with one attached hydrogen (secondary N) is 1. The van der Waals surface area contributed by atoms with Gasteiger partial charge >= 0.3 is 5.97 Å². The van der Waals surface area contributed by atoms with Crippen molar-refractivity contribution in [2.75, 3.05) is 44.2 Å². The molecular formula is C18H27N5O3. The highest BCUT2D eigenvalue weighted by Gasteiger charge is 2.31. The lowest BCUT2D eigenvalue weighted by molar-refractivity contribution is -0.157. The van der Waals surface area contributed by atoms with Crippen LogP contribution in [0.3, 0.4) is 0 Å². The van der Waals surface area contributed by atoms with Gasteiger partial charge in [0.05, 0.1) is 12.6 Å². The van der Waals surface area contributed by atoms with Gasteiger partial charge in [0.25, 0.3) is 0 Å². The molecule has 1 N–H and O–H groups in total. The van der Waals surface area contributed by atoms with Gasteiger partial charge in [-0.2, -0.15) is 5.48 Å². The zero-order valence-corrected chi connectivity index (χ0v) is 15.0. The maximum absolute atomic E-state index is 12.1. The third kappa shape index (κ3) is 4.92. The number of hydrogen-bond donors (Lipinski definition) is 1. The van der Waals surface area contributed by atoms with Gasteiger partial charge in [0, 0.05) is 44.3 Å². The molecule has 2 saturated heterocycles. The fourth-order valence-corrected chi connectivity index (χ4v) is 3.82. The van der Waals surface area contributed by atoms with E-state index in [9.17, 15) is 9.59 Å². The number of nitrogens with zero attached hydrogens (tertiary/aromatic N) is 4. The minimum absolute atomic E-state index is 0.0239. The zero-order valence-electron chi connectivity index (χ0n) is 15.0. The summed E-state index contributed by atoms with van der Waals surface area (Å²) in [5.74, 6) is -0.399. The highest BCUT2D eigenvalue weighted by Crippen LogP contribution is 2.21. The maximum Gasteiger partial charge on any atom is 0.335 e. The van der Waals surface area contributed by atoms with Crippen LogP contribution in [0.1, 0.15) is 25.7 Å². The van der Waals surface area contributed by atoms with Crippen molar-refractivity contribution in [1.82, 2.24) is 20.3 Å². The van der Waals surface area contributed by atoms with E-state index in [4.69, 9.17) is 4.84 Å². The Morgan fingerprint density at radius 3 is 2.38 bits per heavy atom. The number of pyridine rings is 1. The quantitative estimate of drug-likeness (QED) is 0.563. The lowest BCUT2D eigenvalue weighted by Crippen LogP contribution is -2.57. The van der Waals surface area contributed by atoms with E-state index in [2.05, 4.69) is 19.7 Å². The van der Waals surface area contributed by atoms with Crippen LogP contribution in [-0.2, 0) is 14.4 Å². The molecule has 3 heterocycles. The normalized spacial score (nSPS) is 20.4. The summed E-state index contributed by atoms with van der Waals surface area (Å²) in [6.45, 7) is 5.61. The van der Waals surface area contributed by atoms with Gasteiger partial charge < -0.3 is 9.74 Å². The molecule has 0 saturated carbocycles. The van der Waals surface area contributed by atoms with Crippen LogP contribution in [0.25, 0.3) is 0 Å². The van der Waals surface area contributed by atoms with E-state index in [0.717, 1.165) is 52.1 Å². The van der Waals surface area contributed by atoms with Crippen LogP contribution >= 0.6 is 0 Å². The molecule has 1 atom stereocenters. The lowest BCUT2D eigenvalue weighted by atomic mass is 10.1. The standard InChI is InChI=1S/C18H27N5O3/c24-15-20-26-18(25)14-17(22-8-2-1-3-9-22)23-12-10-21(11-13-23)16-4-6-19-7-5-16/h4-7,15,17H,1-3,8-14H2,(H,20,24). The third-order valence-corrected chi connectivity index (χ3v) is 5.15. The van der Waals surface area contributed by atoms with Crippen LogP contribution in [0.4, 0.5) is 5.69 Å². The predicted molar refractivity (Wildman–Crippen MR) is 97.1 cm³/mol. The van der Waals surface area contributed by atoms with Crippen LogP contribution in [-0.4, -0.2) is 72.6 Å². The Balaban J connectivity index is 1.61. The first-order valence-corrected chi connectivity index (χ1v) is 9.30. The number of carbonyl (C=O) groups excluding carboxylic acids is 2. The van der Waals surface area contributed by atoms with Crippen molar-refractivity contribution < 1.29 is 14.4 Å². The number of piperazine rings is 1. The molecule has 1 aromatic heterocycles. The Morgan fingerprint density at radius 1 is 1.08 bits per heavy atom. The van der Waals surface area contributed by atoms with Gasteiger partial charge in [0.2, 0.25) is 6.41 Å². The molecule has 1 unspecified atom stereocenters. The highest BCUT2D eigenvalue weighted by molar-refractivity contribution is 5.70. The number of aromatic nitrogens is 1. The average molecular weight is 361 g/mol. The summed E-state index contributed by atoms with van der Waals surface area (Å²) < 4.78 is 0. The first-order chi connectivity index (χ1) is 12.8. The van der Waals surface area contributed by atoms with Gasteiger partial charge in [0.15, 0.2) is 0 Å². The first kappa shape index (κ1) is 18.6. The summed E-state index contributed by atoms with van der Waals surface area (Å²) >= 11 is 0. The molecule has 2 aliphatic rings. The monoisotopic (exact) mass is 361 g/mol. The molecule has 0 spiro atoms. The summed E-state index contributed by atoms with van der Waals surface area (Å²) in [5.41, 5.74) is 3.19. The molecule has 0 aromatic carbocycles. The summed E-state index contributed by atoms with van der Waals surface area (Å²) in [6.07, 6.45) is 7.86. The minimum Gasteiger partial charge on any atom is -0.369 e. The molecule has 0 radical (unpaired) electrons. The lowest BCUT2D eigenvalue weighted by Gasteiger charge is -2.45. The van der Waals surface area contributed by atoms with Crippen LogP contribution in [0, 0.1) is 0 Å². The van der Waals surface area contributed by atoms with Gasteiger partial charge in [-0.1, -0.05) is 6.42 Å².